The summed E-state index contributed by atoms with van der Waals surface area (Å²) in [6.45, 7) is 3.25. The first-order valence-corrected chi connectivity index (χ1v) is 6.43. The summed E-state index contributed by atoms with van der Waals surface area (Å²) in [5.41, 5.74) is 1.45. The lowest BCUT2D eigenvalue weighted by atomic mass is 10.1. The smallest absolute Gasteiger partial charge is 0.0317 e. The number of nitrogens with one attached hydrogen (secondary N) is 1. The zero-order valence-corrected chi connectivity index (χ0v) is 11.0. The molecule has 0 atom stereocenters. The van der Waals surface area contributed by atoms with Gasteiger partial charge in [0.15, 0.2) is 0 Å². The second-order valence-corrected chi connectivity index (χ2v) is 5.17. The van der Waals surface area contributed by atoms with Crippen molar-refractivity contribution in [1.29, 1.82) is 0 Å². The van der Waals surface area contributed by atoms with Gasteiger partial charge in [0.1, 0.15) is 0 Å². The first kappa shape index (κ1) is 12.0. The molecule has 0 aliphatic rings. The molecule has 1 aromatic heterocycles. The van der Waals surface area contributed by atoms with Gasteiger partial charge in [0, 0.05) is 15.8 Å². The molecule has 0 saturated carbocycles. The molecule has 78 valence electrons. The third kappa shape index (κ3) is 3.95. The predicted molar refractivity (Wildman–Crippen MR) is 68.0 cm³/mol. The minimum Gasteiger partial charge on any atom is -0.319 e. The lowest BCUT2D eigenvalue weighted by molar-refractivity contribution is 0.803. The molecule has 1 aromatic rings. The van der Waals surface area contributed by atoms with E-state index in [1.807, 2.05) is 18.4 Å². The van der Waals surface area contributed by atoms with Gasteiger partial charge in [-0.25, -0.2) is 0 Å². The number of hydrogen-bond acceptors (Lipinski definition) is 2. The molecule has 0 fully saturated rings. The summed E-state index contributed by atoms with van der Waals surface area (Å²) in [5.74, 6) is 0. The third-order valence-electron chi connectivity index (χ3n) is 2.02. The minimum absolute atomic E-state index is 1.06. The van der Waals surface area contributed by atoms with Gasteiger partial charge in [0.25, 0.3) is 0 Å². The van der Waals surface area contributed by atoms with Crippen LogP contribution < -0.4 is 5.32 Å². The van der Waals surface area contributed by atoms with E-state index in [-0.39, 0.29) is 0 Å². The van der Waals surface area contributed by atoms with Gasteiger partial charge in [-0.05, 0) is 54.3 Å². The molecule has 1 nitrogen and oxygen atoms in total. The van der Waals surface area contributed by atoms with Crippen molar-refractivity contribution in [2.75, 3.05) is 13.6 Å². The summed E-state index contributed by atoms with van der Waals surface area (Å²) in [5, 5.41) is 5.27. The predicted octanol–water partition coefficient (Wildman–Crippen LogP) is 3.61. The Morgan fingerprint density at radius 3 is 3.00 bits per heavy atom. The van der Waals surface area contributed by atoms with Crippen LogP contribution in [0.1, 0.15) is 18.2 Å². The molecule has 0 radical (unpaired) electrons. The number of rotatable bonds is 5. The Morgan fingerprint density at radius 2 is 2.43 bits per heavy atom. The molecule has 0 unspecified atom stereocenters. The maximum absolute atomic E-state index is 3.55. The van der Waals surface area contributed by atoms with Crippen LogP contribution in [0.2, 0.25) is 0 Å². The van der Waals surface area contributed by atoms with E-state index in [0.717, 1.165) is 19.4 Å². The van der Waals surface area contributed by atoms with E-state index < -0.39 is 0 Å². The Morgan fingerprint density at radius 1 is 1.64 bits per heavy atom. The molecule has 3 heteroatoms. The van der Waals surface area contributed by atoms with Crippen molar-refractivity contribution >= 4 is 27.3 Å². The fourth-order valence-corrected chi connectivity index (χ4v) is 2.83. The van der Waals surface area contributed by atoms with Gasteiger partial charge in [-0.15, -0.1) is 11.3 Å². The monoisotopic (exact) mass is 273 g/mol. The fourth-order valence-electron chi connectivity index (χ4n) is 1.24. The maximum atomic E-state index is 3.55. The van der Waals surface area contributed by atoms with Crippen molar-refractivity contribution in [3.63, 3.8) is 0 Å². The normalized spacial score (nSPS) is 12.1. The largest absolute Gasteiger partial charge is 0.319 e. The summed E-state index contributed by atoms with van der Waals surface area (Å²) in [6.07, 6.45) is 4.50. The molecule has 0 amide bonds. The first-order chi connectivity index (χ1) is 6.74. The van der Waals surface area contributed by atoms with Gasteiger partial charge < -0.3 is 5.32 Å². The highest BCUT2D eigenvalue weighted by Crippen LogP contribution is 2.25. The molecule has 0 aliphatic carbocycles. The molecular weight excluding hydrogens is 258 g/mol. The van der Waals surface area contributed by atoms with Crippen LogP contribution in [0, 0.1) is 0 Å². The molecule has 1 heterocycles. The van der Waals surface area contributed by atoms with Gasteiger partial charge in [-0.3, -0.25) is 0 Å². The SMILES string of the molecule is CNCCC=C(C)Cc1sccc1Br. The minimum atomic E-state index is 1.06. The third-order valence-corrected chi connectivity index (χ3v) is 3.94. The van der Waals surface area contributed by atoms with E-state index in [2.05, 4.69) is 45.7 Å². The average Bonchev–Trinajstić information content (AvgIpc) is 2.52. The van der Waals surface area contributed by atoms with Crippen molar-refractivity contribution in [1.82, 2.24) is 5.32 Å². The molecular formula is C11H16BrNS. The Hall–Kier alpha value is -0.120. The molecule has 0 bridgehead atoms. The maximum Gasteiger partial charge on any atom is 0.0317 e. The molecule has 0 aliphatic heterocycles. The topological polar surface area (TPSA) is 12.0 Å². The van der Waals surface area contributed by atoms with E-state index in [4.69, 9.17) is 0 Å². The molecule has 14 heavy (non-hydrogen) atoms. The number of hydrogen-bond donors (Lipinski definition) is 1. The highest BCUT2D eigenvalue weighted by molar-refractivity contribution is 9.10. The Labute approximate surface area is 98.4 Å². The van der Waals surface area contributed by atoms with Crippen LogP contribution in [0.15, 0.2) is 27.6 Å². The summed E-state index contributed by atoms with van der Waals surface area (Å²) in [6, 6.07) is 2.11. The van der Waals surface area contributed by atoms with E-state index >= 15 is 0 Å². The highest BCUT2D eigenvalue weighted by atomic mass is 79.9. The zero-order chi connectivity index (χ0) is 10.4. The van der Waals surface area contributed by atoms with Crippen LogP contribution in [-0.4, -0.2) is 13.6 Å². The van der Waals surface area contributed by atoms with Crippen molar-refractivity contribution in [3.8, 4) is 0 Å². The van der Waals surface area contributed by atoms with Crippen LogP contribution in [0.25, 0.3) is 0 Å². The second-order valence-electron chi connectivity index (χ2n) is 3.31. The number of halogens is 1. The van der Waals surface area contributed by atoms with Crippen LogP contribution in [0.5, 0.6) is 0 Å². The quantitative estimate of drug-likeness (QED) is 0.639. The van der Waals surface area contributed by atoms with E-state index in [0.29, 0.717) is 0 Å². The lowest BCUT2D eigenvalue weighted by Gasteiger charge is -2.00. The second kappa shape index (κ2) is 6.38. The molecule has 0 spiro atoms. The Balaban J connectivity index is 2.44. The summed E-state index contributed by atoms with van der Waals surface area (Å²) < 4.78 is 1.24. The van der Waals surface area contributed by atoms with Gasteiger partial charge in [0.2, 0.25) is 0 Å². The van der Waals surface area contributed by atoms with Gasteiger partial charge >= 0.3 is 0 Å². The average molecular weight is 274 g/mol. The molecule has 1 rings (SSSR count). The Kier molecular flexibility index (Phi) is 5.45. The van der Waals surface area contributed by atoms with Crippen LogP contribution >= 0.6 is 27.3 Å². The first-order valence-electron chi connectivity index (χ1n) is 4.76. The number of allylic oxidation sites excluding steroid dienone is 1. The fraction of sp³-hybridized carbons (Fsp3) is 0.455. The van der Waals surface area contributed by atoms with E-state index in [1.165, 1.54) is 14.9 Å². The number of thiophene rings is 1. The lowest BCUT2D eigenvalue weighted by Crippen LogP contribution is -2.06. The van der Waals surface area contributed by atoms with Gasteiger partial charge in [0.05, 0.1) is 0 Å². The van der Waals surface area contributed by atoms with Gasteiger partial charge in [-0.1, -0.05) is 11.6 Å². The zero-order valence-electron chi connectivity index (χ0n) is 8.64. The summed E-state index contributed by atoms with van der Waals surface area (Å²) in [7, 11) is 1.99. The molecule has 1 N–H and O–H groups in total. The van der Waals surface area contributed by atoms with Gasteiger partial charge in [-0.2, -0.15) is 0 Å². The summed E-state index contributed by atoms with van der Waals surface area (Å²) in [4.78, 5) is 1.42. The van der Waals surface area contributed by atoms with Crippen molar-refractivity contribution in [2.24, 2.45) is 0 Å². The van der Waals surface area contributed by atoms with Crippen molar-refractivity contribution < 1.29 is 0 Å². The molecule has 0 saturated heterocycles. The van der Waals surface area contributed by atoms with Crippen molar-refractivity contribution in [3.05, 3.63) is 32.4 Å². The Bertz CT molecular complexity index is 304. The van der Waals surface area contributed by atoms with E-state index in [1.54, 1.807) is 0 Å². The van der Waals surface area contributed by atoms with Crippen molar-refractivity contribution in [2.45, 2.75) is 19.8 Å². The standard InChI is InChI=1S/C11H16BrNS/c1-9(4-3-6-13-2)8-11-10(12)5-7-14-11/h4-5,7,13H,3,6,8H2,1-2H3. The molecule has 0 aromatic carbocycles. The van der Waals surface area contributed by atoms with E-state index in [9.17, 15) is 0 Å². The summed E-state index contributed by atoms with van der Waals surface area (Å²) >= 11 is 5.36. The highest BCUT2D eigenvalue weighted by Gasteiger charge is 2.01. The van der Waals surface area contributed by atoms with Crippen LogP contribution in [0.3, 0.4) is 0 Å². The van der Waals surface area contributed by atoms with Crippen LogP contribution in [0.4, 0.5) is 0 Å². The van der Waals surface area contributed by atoms with Crippen LogP contribution in [-0.2, 0) is 6.42 Å².